The number of non-ortho nitro benzene ring substituents is 1. The van der Waals surface area contributed by atoms with Gasteiger partial charge in [0, 0.05) is 31.6 Å². The molecule has 1 fully saturated rings. The van der Waals surface area contributed by atoms with Crippen molar-refractivity contribution in [3.63, 3.8) is 0 Å². The molecule has 5 heteroatoms. The topological polar surface area (TPSA) is 75.4 Å². The Balaban J connectivity index is 2.07. The Labute approximate surface area is 86.9 Å². The molecular formula is C10H12N2O3. The molecule has 0 unspecified atom stereocenters. The zero-order valence-electron chi connectivity index (χ0n) is 8.14. The second kappa shape index (κ2) is 3.60. The highest BCUT2D eigenvalue weighted by Crippen LogP contribution is 2.19. The monoisotopic (exact) mass is 208 g/mol. The fraction of sp³-hybridized carbons (Fsp3) is 0.400. The van der Waals surface area contributed by atoms with Crippen molar-refractivity contribution in [1.82, 2.24) is 5.32 Å². The SMILES string of the molecule is O=[N+]([O-])c1ccc(CC2(O)CNC2)cc1. The highest BCUT2D eigenvalue weighted by Gasteiger charge is 2.34. The molecule has 1 aliphatic rings. The summed E-state index contributed by atoms with van der Waals surface area (Å²) in [6.45, 7) is 1.17. The van der Waals surface area contributed by atoms with E-state index >= 15 is 0 Å². The molecule has 0 aliphatic carbocycles. The minimum atomic E-state index is -0.671. The molecule has 15 heavy (non-hydrogen) atoms. The maximum atomic E-state index is 10.4. The zero-order valence-corrected chi connectivity index (χ0v) is 8.14. The first-order valence-corrected chi connectivity index (χ1v) is 4.76. The van der Waals surface area contributed by atoms with Crippen molar-refractivity contribution in [3.05, 3.63) is 39.9 Å². The Morgan fingerprint density at radius 2 is 2.00 bits per heavy atom. The predicted molar refractivity (Wildman–Crippen MR) is 54.6 cm³/mol. The van der Waals surface area contributed by atoms with Gasteiger partial charge in [-0.05, 0) is 5.56 Å². The predicted octanol–water partition coefficient (Wildman–Crippen LogP) is 0.472. The molecule has 2 rings (SSSR count). The number of nitro benzene ring substituents is 1. The lowest BCUT2D eigenvalue weighted by Crippen LogP contribution is -2.60. The summed E-state index contributed by atoms with van der Waals surface area (Å²) in [4.78, 5) is 9.98. The van der Waals surface area contributed by atoms with Gasteiger partial charge in [-0.1, -0.05) is 12.1 Å². The molecule has 80 valence electrons. The van der Waals surface area contributed by atoms with Gasteiger partial charge in [-0.15, -0.1) is 0 Å². The van der Waals surface area contributed by atoms with Crippen LogP contribution in [0, 0.1) is 10.1 Å². The Kier molecular flexibility index (Phi) is 2.42. The largest absolute Gasteiger partial charge is 0.387 e. The Bertz CT molecular complexity index is 371. The molecule has 1 saturated heterocycles. The van der Waals surface area contributed by atoms with E-state index in [4.69, 9.17) is 0 Å². The maximum Gasteiger partial charge on any atom is 0.269 e. The van der Waals surface area contributed by atoms with E-state index in [2.05, 4.69) is 5.32 Å². The van der Waals surface area contributed by atoms with Gasteiger partial charge in [0.2, 0.25) is 0 Å². The second-order valence-electron chi connectivity index (χ2n) is 3.93. The number of nitrogens with one attached hydrogen (secondary N) is 1. The Hall–Kier alpha value is -1.46. The molecule has 2 N–H and O–H groups in total. The Morgan fingerprint density at radius 3 is 2.40 bits per heavy atom. The van der Waals surface area contributed by atoms with Gasteiger partial charge in [0.05, 0.1) is 10.5 Å². The maximum absolute atomic E-state index is 10.4. The molecule has 1 heterocycles. The van der Waals surface area contributed by atoms with Crippen LogP contribution < -0.4 is 5.32 Å². The summed E-state index contributed by atoms with van der Waals surface area (Å²) in [7, 11) is 0. The summed E-state index contributed by atoms with van der Waals surface area (Å²) in [5.41, 5.74) is 0.331. The summed E-state index contributed by atoms with van der Waals surface area (Å²) in [5, 5.41) is 23.2. The lowest BCUT2D eigenvalue weighted by Gasteiger charge is -2.37. The van der Waals surface area contributed by atoms with Crippen LogP contribution in [0.25, 0.3) is 0 Å². The van der Waals surface area contributed by atoms with Crippen LogP contribution in [0.4, 0.5) is 5.69 Å². The first-order chi connectivity index (χ1) is 7.09. The van der Waals surface area contributed by atoms with E-state index in [0.29, 0.717) is 19.5 Å². The minimum Gasteiger partial charge on any atom is -0.387 e. The van der Waals surface area contributed by atoms with Crippen molar-refractivity contribution in [1.29, 1.82) is 0 Å². The van der Waals surface area contributed by atoms with E-state index in [1.54, 1.807) is 12.1 Å². The molecule has 0 aromatic heterocycles. The first-order valence-electron chi connectivity index (χ1n) is 4.76. The van der Waals surface area contributed by atoms with Gasteiger partial charge in [-0.2, -0.15) is 0 Å². The molecule has 1 aromatic carbocycles. The summed E-state index contributed by atoms with van der Waals surface area (Å²) in [6.07, 6.45) is 0.540. The summed E-state index contributed by atoms with van der Waals surface area (Å²) < 4.78 is 0. The Morgan fingerprint density at radius 1 is 1.40 bits per heavy atom. The third-order valence-corrected chi connectivity index (χ3v) is 2.59. The third-order valence-electron chi connectivity index (χ3n) is 2.59. The molecule has 0 amide bonds. The van der Waals surface area contributed by atoms with Crippen LogP contribution in [-0.2, 0) is 6.42 Å². The van der Waals surface area contributed by atoms with Crippen LogP contribution in [0.15, 0.2) is 24.3 Å². The van der Waals surface area contributed by atoms with Gasteiger partial charge in [-0.3, -0.25) is 10.1 Å². The van der Waals surface area contributed by atoms with Crippen molar-refractivity contribution < 1.29 is 10.0 Å². The van der Waals surface area contributed by atoms with Crippen molar-refractivity contribution in [2.24, 2.45) is 0 Å². The quantitative estimate of drug-likeness (QED) is 0.559. The highest BCUT2D eigenvalue weighted by molar-refractivity contribution is 5.33. The van der Waals surface area contributed by atoms with Gasteiger partial charge in [0.15, 0.2) is 0 Å². The fourth-order valence-electron chi connectivity index (χ4n) is 1.65. The number of hydrogen-bond acceptors (Lipinski definition) is 4. The first kappa shape index (κ1) is 10.1. The number of rotatable bonds is 3. The number of aliphatic hydroxyl groups is 1. The smallest absolute Gasteiger partial charge is 0.269 e. The average Bonchev–Trinajstić information content (AvgIpc) is 2.16. The molecule has 0 spiro atoms. The number of hydrogen-bond donors (Lipinski definition) is 2. The molecule has 0 atom stereocenters. The van der Waals surface area contributed by atoms with E-state index < -0.39 is 10.5 Å². The van der Waals surface area contributed by atoms with Crippen molar-refractivity contribution in [2.75, 3.05) is 13.1 Å². The summed E-state index contributed by atoms with van der Waals surface area (Å²) in [6, 6.07) is 6.30. The molecule has 5 nitrogen and oxygen atoms in total. The molecule has 0 radical (unpaired) electrons. The standard InChI is InChI=1S/C10H12N2O3/c13-10(6-11-7-10)5-8-1-3-9(4-2-8)12(14)15/h1-4,11,13H,5-7H2. The molecular weight excluding hydrogens is 196 g/mol. The van der Waals surface area contributed by atoms with E-state index in [1.165, 1.54) is 12.1 Å². The van der Waals surface area contributed by atoms with E-state index in [0.717, 1.165) is 5.56 Å². The van der Waals surface area contributed by atoms with E-state index in [9.17, 15) is 15.2 Å². The van der Waals surface area contributed by atoms with Crippen LogP contribution in [0.3, 0.4) is 0 Å². The van der Waals surface area contributed by atoms with Crippen molar-refractivity contribution in [2.45, 2.75) is 12.0 Å². The van der Waals surface area contributed by atoms with Crippen LogP contribution in [0.2, 0.25) is 0 Å². The van der Waals surface area contributed by atoms with Crippen LogP contribution >= 0.6 is 0 Å². The summed E-state index contributed by atoms with van der Waals surface area (Å²) in [5.74, 6) is 0. The fourth-order valence-corrected chi connectivity index (χ4v) is 1.65. The van der Waals surface area contributed by atoms with Crippen LogP contribution in [0.5, 0.6) is 0 Å². The normalized spacial score (nSPS) is 18.2. The van der Waals surface area contributed by atoms with E-state index in [-0.39, 0.29) is 5.69 Å². The lowest BCUT2D eigenvalue weighted by molar-refractivity contribution is -0.384. The minimum absolute atomic E-state index is 0.0810. The number of benzene rings is 1. The van der Waals surface area contributed by atoms with Crippen molar-refractivity contribution >= 4 is 5.69 Å². The van der Waals surface area contributed by atoms with E-state index in [1.807, 2.05) is 0 Å². The summed E-state index contributed by atoms with van der Waals surface area (Å²) >= 11 is 0. The van der Waals surface area contributed by atoms with Crippen molar-refractivity contribution in [3.8, 4) is 0 Å². The number of nitro groups is 1. The van der Waals surface area contributed by atoms with Gasteiger partial charge in [0.25, 0.3) is 5.69 Å². The highest BCUT2D eigenvalue weighted by atomic mass is 16.6. The number of nitrogens with zero attached hydrogens (tertiary/aromatic N) is 1. The molecule has 1 aliphatic heterocycles. The third kappa shape index (κ3) is 2.14. The zero-order chi connectivity index (χ0) is 10.9. The van der Waals surface area contributed by atoms with Crippen LogP contribution in [-0.4, -0.2) is 28.7 Å². The average molecular weight is 208 g/mol. The van der Waals surface area contributed by atoms with Gasteiger partial charge >= 0.3 is 0 Å². The molecule has 0 saturated carbocycles. The number of β-amino-alcohol motifs (C(OH)–C–C–N with tert-alkyl or cyclic N) is 1. The van der Waals surface area contributed by atoms with Crippen LogP contribution in [0.1, 0.15) is 5.56 Å². The molecule has 0 bridgehead atoms. The van der Waals surface area contributed by atoms with Gasteiger partial charge in [0.1, 0.15) is 0 Å². The van der Waals surface area contributed by atoms with Gasteiger partial charge in [-0.25, -0.2) is 0 Å². The second-order valence-corrected chi connectivity index (χ2v) is 3.93. The van der Waals surface area contributed by atoms with Gasteiger partial charge < -0.3 is 10.4 Å². The molecule has 1 aromatic rings. The lowest BCUT2D eigenvalue weighted by atomic mass is 9.89.